The van der Waals surface area contributed by atoms with Crippen molar-refractivity contribution in [1.82, 2.24) is 15.1 Å². The summed E-state index contributed by atoms with van der Waals surface area (Å²) in [4.78, 5) is 0. The maximum atomic E-state index is 5.57. The fourth-order valence-electron chi connectivity index (χ4n) is 2.46. The molecule has 0 saturated carbocycles. The van der Waals surface area contributed by atoms with Gasteiger partial charge in [0.25, 0.3) is 0 Å². The number of hydrogen-bond acceptors (Lipinski definition) is 3. The molecule has 1 aromatic rings. The SMILES string of the molecule is CCn1nc(C)c(Br)c1CNC1CCOC(C)C1. The van der Waals surface area contributed by atoms with E-state index in [1.54, 1.807) is 0 Å². The molecule has 4 nitrogen and oxygen atoms in total. The van der Waals surface area contributed by atoms with Crippen LogP contribution in [0.2, 0.25) is 0 Å². The van der Waals surface area contributed by atoms with E-state index in [-0.39, 0.29) is 0 Å². The third-order valence-electron chi connectivity index (χ3n) is 3.50. The number of hydrogen-bond donors (Lipinski definition) is 1. The van der Waals surface area contributed by atoms with Gasteiger partial charge in [-0.3, -0.25) is 4.68 Å². The number of aromatic nitrogens is 2. The maximum Gasteiger partial charge on any atom is 0.0739 e. The Morgan fingerprint density at radius 2 is 2.33 bits per heavy atom. The molecule has 1 aromatic heterocycles. The van der Waals surface area contributed by atoms with Crippen molar-refractivity contribution in [2.75, 3.05) is 6.61 Å². The molecule has 1 fully saturated rings. The molecule has 2 rings (SSSR count). The van der Waals surface area contributed by atoms with Crippen LogP contribution in [0.5, 0.6) is 0 Å². The molecule has 0 spiro atoms. The van der Waals surface area contributed by atoms with Crippen molar-refractivity contribution in [3.05, 3.63) is 15.9 Å². The highest BCUT2D eigenvalue weighted by Crippen LogP contribution is 2.21. The van der Waals surface area contributed by atoms with Gasteiger partial charge < -0.3 is 10.1 Å². The predicted octanol–water partition coefficient (Wildman–Crippen LogP) is 2.63. The first-order valence-electron chi connectivity index (χ1n) is 6.68. The first kappa shape index (κ1) is 14.0. The second-order valence-corrected chi connectivity index (χ2v) is 5.74. The third-order valence-corrected chi connectivity index (χ3v) is 4.53. The lowest BCUT2D eigenvalue weighted by molar-refractivity contribution is 0.0129. The molecule has 2 heterocycles. The first-order valence-corrected chi connectivity index (χ1v) is 7.47. The smallest absolute Gasteiger partial charge is 0.0739 e. The second kappa shape index (κ2) is 6.17. The number of nitrogens with one attached hydrogen (secondary N) is 1. The van der Waals surface area contributed by atoms with Crippen LogP contribution in [0.4, 0.5) is 0 Å². The van der Waals surface area contributed by atoms with Gasteiger partial charge in [-0.15, -0.1) is 0 Å². The van der Waals surface area contributed by atoms with E-state index in [1.807, 2.05) is 6.92 Å². The zero-order valence-corrected chi connectivity index (χ0v) is 13.0. The standard InChI is InChI=1S/C13H22BrN3O/c1-4-17-12(13(14)10(3)16-17)8-15-11-5-6-18-9(2)7-11/h9,11,15H,4-8H2,1-3H3. The Balaban J connectivity index is 1.97. The molecular formula is C13H22BrN3O. The summed E-state index contributed by atoms with van der Waals surface area (Å²) in [5.74, 6) is 0. The molecule has 0 aliphatic carbocycles. The van der Waals surface area contributed by atoms with Crippen LogP contribution in [0.1, 0.15) is 38.1 Å². The Morgan fingerprint density at radius 3 is 3.00 bits per heavy atom. The fourth-order valence-corrected chi connectivity index (χ4v) is 2.89. The van der Waals surface area contributed by atoms with Gasteiger partial charge in [0.1, 0.15) is 0 Å². The van der Waals surface area contributed by atoms with Crippen LogP contribution in [0.25, 0.3) is 0 Å². The predicted molar refractivity (Wildman–Crippen MR) is 75.6 cm³/mol. The molecule has 0 bridgehead atoms. The van der Waals surface area contributed by atoms with Crippen molar-refractivity contribution in [1.29, 1.82) is 0 Å². The highest BCUT2D eigenvalue weighted by molar-refractivity contribution is 9.10. The highest BCUT2D eigenvalue weighted by atomic mass is 79.9. The molecule has 0 amide bonds. The quantitative estimate of drug-likeness (QED) is 0.928. The Bertz CT molecular complexity index is 405. The van der Waals surface area contributed by atoms with Crippen LogP contribution in [-0.4, -0.2) is 28.5 Å². The van der Waals surface area contributed by atoms with Crippen molar-refractivity contribution < 1.29 is 4.74 Å². The number of halogens is 1. The van der Waals surface area contributed by atoms with Crippen molar-refractivity contribution in [2.45, 2.75) is 58.8 Å². The molecule has 18 heavy (non-hydrogen) atoms. The zero-order valence-electron chi connectivity index (χ0n) is 11.4. The lowest BCUT2D eigenvalue weighted by Crippen LogP contribution is -2.38. The van der Waals surface area contributed by atoms with E-state index in [0.29, 0.717) is 12.1 Å². The average molecular weight is 316 g/mol. The van der Waals surface area contributed by atoms with E-state index in [4.69, 9.17) is 4.74 Å². The summed E-state index contributed by atoms with van der Waals surface area (Å²) < 4.78 is 8.77. The van der Waals surface area contributed by atoms with Gasteiger partial charge in [-0.25, -0.2) is 0 Å². The largest absolute Gasteiger partial charge is 0.378 e. The average Bonchev–Trinajstić information content (AvgIpc) is 2.63. The fraction of sp³-hybridized carbons (Fsp3) is 0.769. The Kier molecular flexibility index (Phi) is 4.81. The number of nitrogens with zero attached hydrogens (tertiary/aromatic N) is 2. The minimum Gasteiger partial charge on any atom is -0.378 e. The molecule has 2 atom stereocenters. The molecular weight excluding hydrogens is 294 g/mol. The summed E-state index contributed by atoms with van der Waals surface area (Å²) in [5, 5.41) is 8.14. The van der Waals surface area contributed by atoms with Crippen molar-refractivity contribution in [3.63, 3.8) is 0 Å². The van der Waals surface area contributed by atoms with Crippen molar-refractivity contribution in [3.8, 4) is 0 Å². The van der Waals surface area contributed by atoms with Gasteiger partial charge in [0, 0.05) is 25.7 Å². The normalized spacial score (nSPS) is 24.4. The van der Waals surface area contributed by atoms with Crippen LogP contribution >= 0.6 is 15.9 Å². The van der Waals surface area contributed by atoms with Crippen molar-refractivity contribution >= 4 is 15.9 Å². The topological polar surface area (TPSA) is 39.1 Å². The maximum absolute atomic E-state index is 5.57. The van der Waals surface area contributed by atoms with E-state index >= 15 is 0 Å². The van der Waals surface area contributed by atoms with Crippen LogP contribution in [0.3, 0.4) is 0 Å². The minimum absolute atomic E-state index is 0.373. The lowest BCUT2D eigenvalue weighted by Gasteiger charge is -2.28. The highest BCUT2D eigenvalue weighted by Gasteiger charge is 2.20. The summed E-state index contributed by atoms with van der Waals surface area (Å²) in [6.07, 6.45) is 2.57. The molecule has 0 radical (unpaired) electrons. The Labute approximate surface area is 117 Å². The summed E-state index contributed by atoms with van der Waals surface area (Å²) in [6, 6.07) is 0.557. The molecule has 5 heteroatoms. The number of aryl methyl sites for hydroxylation is 2. The van der Waals surface area contributed by atoms with E-state index < -0.39 is 0 Å². The van der Waals surface area contributed by atoms with Crippen molar-refractivity contribution in [2.24, 2.45) is 0 Å². The second-order valence-electron chi connectivity index (χ2n) is 4.95. The molecule has 1 N–H and O–H groups in total. The lowest BCUT2D eigenvalue weighted by atomic mass is 10.0. The molecule has 0 aromatic carbocycles. The van der Waals surface area contributed by atoms with Gasteiger partial charge in [0.2, 0.25) is 0 Å². The van der Waals surface area contributed by atoms with Crippen LogP contribution in [-0.2, 0) is 17.8 Å². The molecule has 102 valence electrons. The number of rotatable bonds is 4. The summed E-state index contributed by atoms with van der Waals surface area (Å²) >= 11 is 3.63. The molecule has 1 aliphatic heterocycles. The summed E-state index contributed by atoms with van der Waals surface area (Å²) in [6.45, 7) is 8.95. The van der Waals surface area contributed by atoms with Gasteiger partial charge in [0.15, 0.2) is 0 Å². The molecule has 1 saturated heterocycles. The molecule has 2 unspecified atom stereocenters. The van der Waals surface area contributed by atoms with Crippen LogP contribution in [0.15, 0.2) is 4.47 Å². The number of ether oxygens (including phenoxy) is 1. The Morgan fingerprint density at radius 1 is 1.56 bits per heavy atom. The van der Waals surface area contributed by atoms with Gasteiger partial charge >= 0.3 is 0 Å². The van der Waals surface area contributed by atoms with Gasteiger partial charge in [0.05, 0.1) is 22.0 Å². The third kappa shape index (κ3) is 3.13. The van der Waals surface area contributed by atoms with E-state index in [2.05, 4.69) is 44.9 Å². The van der Waals surface area contributed by atoms with Crippen LogP contribution in [0, 0.1) is 6.92 Å². The van der Waals surface area contributed by atoms with Gasteiger partial charge in [-0.1, -0.05) is 0 Å². The monoisotopic (exact) mass is 315 g/mol. The Hall–Kier alpha value is -0.390. The summed E-state index contributed by atoms with van der Waals surface area (Å²) in [5.41, 5.74) is 2.31. The van der Waals surface area contributed by atoms with Gasteiger partial charge in [-0.2, -0.15) is 5.10 Å². The summed E-state index contributed by atoms with van der Waals surface area (Å²) in [7, 11) is 0. The van der Waals surface area contributed by atoms with Gasteiger partial charge in [-0.05, 0) is 49.5 Å². The van der Waals surface area contributed by atoms with E-state index in [1.165, 1.54) is 5.69 Å². The first-order chi connectivity index (χ1) is 8.61. The molecule has 1 aliphatic rings. The van der Waals surface area contributed by atoms with Crippen LogP contribution < -0.4 is 5.32 Å². The zero-order chi connectivity index (χ0) is 13.1. The minimum atomic E-state index is 0.373. The van der Waals surface area contributed by atoms with E-state index in [9.17, 15) is 0 Å². The van der Waals surface area contributed by atoms with E-state index in [0.717, 1.165) is 42.7 Å².